The second kappa shape index (κ2) is 7.41. The van der Waals surface area contributed by atoms with Crippen LogP contribution in [0.4, 0.5) is 0 Å². The highest BCUT2D eigenvalue weighted by Crippen LogP contribution is 2.28. The molecule has 0 aliphatic carbocycles. The van der Waals surface area contributed by atoms with Crippen LogP contribution < -0.4 is 0 Å². The fraction of sp³-hybridized carbons (Fsp3) is 0. The van der Waals surface area contributed by atoms with Crippen molar-refractivity contribution in [2.24, 2.45) is 0 Å². The molecule has 0 bridgehead atoms. The van der Waals surface area contributed by atoms with Gasteiger partial charge in [-0.3, -0.25) is 0 Å². The molecule has 4 aromatic rings. The molecule has 0 radical (unpaired) electrons. The van der Waals surface area contributed by atoms with Gasteiger partial charge >= 0.3 is 0 Å². The van der Waals surface area contributed by atoms with Crippen molar-refractivity contribution in [2.45, 2.75) is 0 Å². The molecule has 0 saturated heterocycles. The van der Waals surface area contributed by atoms with Gasteiger partial charge in [-0.2, -0.15) is 5.26 Å². The van der Waals surface area contributed by atoms with Crippen LogP contribution in [-0.2, 0) is 0 Å². The van der Waals surface area contributed by atoms with Crippen LogP contribution in [0, 0.1) is 11.3 Å². The fourth-order valence-corrected chi connectivity index (χ4v) is 3.81. The number of nitrogens with zero attached hydrogens (tertiary/aromatic N) is 2. The van der Waals surface area contributed by atoms with Gasteiger partial charge in [-0.25, -0.2) is 4.98 Å². The third-order valence-electron chi connectivity index (χ3n) is 4.35. The second-order valence-electron chi connectivity index (χ2n) is 6.10. The zero-order valence-corrected chi connectivity index (χ0v) is 15.4. The Kier molecular flexibility index (Phi) is 4.65. The first kappa shape index (κ1) is 17.0. The van der Waals surface area contributed by atoms with E-state index >= 15 is 0 Å². The Morgan fingerprint density at radius 2 is 1.52 bits per heavy atom. The van der Waals surface area contributed by atoms with Crippen molar-refractivity contribution in [1.29, 1.82) is 5.26 Å². The van der Waals surface area contributed by atoms with Crippen LogP contribution in [0.25, 0.3) is 39.1 Å². The van der Waals surface area contributed by atoms with Crippen LogP contribution in [-0.4, -0.2) is 4.98 Å². The number of fused-ring (bicyclic) bond motifs is 1. The summed E-state index contributed by atoms with van der Waals surface area (Å²) in [5, 5.41) is 10.3. The molecule has 3 heteroatoms. The number of rotatable bonds is 4. The maximum absolute atomic E-state index is 9.59. The van der Waals surface area contributed by atoms with Gasteiger partial charge in [0.1, 0.15) is 11.1 Å². The average molecular weight is 364 g/mol. The summed E-state index contributed by atoms with van der Waals surface area (Å²) in [5.74, 6) is 0. The van der Waals surface area contributed by atoms with Crippen molar-refractivity contribution in [3.05, 3.63) is 95.5 Å². The lowest BCUT2D eigenvalue weighted by atomic mass is 10.0. The van der Waals surface area contributed by atoms with Crippen molar-refractivity contribution in [1.82, 2.24) is 4.98 Å². The van der Waals surface area contributed by atoms with Crippen molar-refractivity contribution >= 4 is 39.3 Å². The number of thiazole rings is 1. The number of hydrogen-bond acceptors (Lipinski definition) is 3. The van der Waals surface area contributed by atoms with Crippen molar-refractivity contribution in [3.63, 3.8) is 0 Å². The molecule has 0 atom stereocenters. The first-order chi connectivity index (χ1) is 13.3. The van der Waals surface area contributed by atoms with Gasteiger partial charge in [0.25, 0.3) is 0 Å². The third-order valence-corrected chi connectivity index (χ3v) is 5.42. The lowest BCUT2D eigenvalue weighted by Gasteiger charge is -2.03. The minimum Gasteiger partial charge on any atom is -0.235 e. The van der Waals surface area contributed by atoms with Gasteiger partial charge in [-0.1, -0.05) is 73.3 Å². The quantitative estimate of drug-likeness (QED) is 0.379. The average Bonchev–Trinajstić information content (AvgIpc) is 3.16. The topological polar surface area (TPSA) is 36.7 Å². The number of nitriles is 1. The summed E-state index contributed by atoms with van der Waals surface area (Å²) < 4.78 is 1.09. The van der Waals surface area contributed by atoms with Gasteiger partial charge < -0.3 is 0 Å². The molecule has 0 saturated carbocycles. The van der Waals surface area contributed by atoms with Crippen LogP contribution in [0.3, 0.4) is 0 Å². The predicted molar refractivity (Wildman–Crippen MR) is 115 cm³/mol. The smallest absolute Gasteiger partial charge is 0.135 e. The van der Waals surface area contributed by atoms with E-state index in [9.17, 15) is 5.26 Å². The van der Waals surface area contributed by atoms with Gasteiger partial charge in [0.05, 0.1) is 15.8 Å². The van der Waals surface area contributed by atoms with Gasteiger partial charge in [0.15, 0.2) is 0 Å². The summed E-state index contributed by atoms with van der Waals surface area (Å²) in [6, 6.07) is 26.7. The summed E-state index contributed by atoms with van der Waals surface area (Å²) in [6.07, 6.45) is 3.73. The minimum atomic E-state index is 0.583. The molecule has 0 N–H and O–H groups in total. The van der Waals surface area contributed by atoms with Crippen LogP contribution in [0.1, 0.15) is 16.1 Å². The SMILES string of the molecule is C=Cc1ccc(-c2ccc(/C=C(\C#N)c3nc4ccccc4s3)cc2)cc1. The van der Waals surface area contributed by atoms with E-state index in [1.807, 2.05) is 48.6 Å². The van der Waals surface area contributed by atoms with Gasteiger partial charge in [0, 0.05) is 0 Å². The van der Waals surface area contributed by atoms with E-state index in [1.165, 1.54) is 0 Å². The number of para-hydroxylation sites is 1. The highest BCUT2D eigenvalue weighted by atomic mass is 32.1. The Morgan fingerprint density at radius 1 is 0.889 bits per heavy atom. The van der Waals surface area contributed by atoms with E-state index in [4.69, 9.17) is 0 Å². The standard InChI is InChI=1S/C24H16N2S/c1-2-17-7-11-19(12-8-17)20-13-9-18(10-14-20)15-21(16-25)24-26-22-5-3-4-6-23(22)27-24/h2-15H,1H2/b21-15+. The van der Waals surface area contributed by atoms with E-state index in [0.29, 0.717) is 5.57 Å². The second-order valence-corrected chi connectivity index (χ2v) is 7.14. The largest absolute Gasteiger partial charge is 0.235 e. The van der Waals surface area contributed by atoms with Crippen molar-refractivity contribution < 1.29 is 0 Å². The molecule has 4 rings (SSSR count). The molecule has 1 aromatic heterocycles. The van der Waals surface area contributed by atoms with E-state index in [-0.39, 0.29) is 0 Å². The first-order valence-electron chi connectivity index (χ1n) is 8.57. The summed E-state index contributed by atoms with van der Waals surface area (Å²) >= 11 is 1.54. The Bertz CT molecular complexity index is 1140. The monoisotopic (exact) mass is 364 g/mol. The van der Waals surface area contributed by atoms with Gasteiger partial charge in [-0.05, 0) is 40.5 Å². The molecule has 1 heterocycles. The molecule has 3 aromatic carbocycles. The molecule has 0 aliphatic heterocycles. The fourth-order valence-electron chi connectivity index (χ4n) is 2.88. The molecule has 2 nitrogen and oxygen atoms in total. The molecule has 0 aliphatic rings. The molecule has 0 unspecified atom stereocenters. The molecule has 0 fully saturated rings. The number of benzene rings is 3. The summed E-state index contributed by atoms with van der Waals surface area (Å²) in [4.78, 5) is 4.58. The Hall–Kier alpha value is -3.48. The lowest BCUT2D eigenvalue weighted by Crippen LogP contribution is -1.82. The molecule has 27 heavy (non-hydrogen) atoms. The Morgan fingerprint density at radius 3 is 2.11 bits per heavy atom. The predicted octanol–water partition coefficient (Wildman–Crippen LogP) is 6.67. The lowest BCUT2D eigenvalue weighted by molar-refractivity contribution is 1.43. The number of hydrogen-bond donors (Lipinski definition) is 0. The highest BCUT2D eigenvalue weighted by molar-refractivity contribution is 7.19. The van der Waals surface area contributed by atoms with Crippen molar-refractivity contribution in [2.75, 3.05) is 0 Å². The third kappa shape index (κ3) is 3.57. The maximum Gasteiger partial charge on any atom is 0.135 e. The van der Waals surface area contributed by atoms with Gasteiger partial charge in [-0.15, -0.1) is 11.3 Å². The summed E-state index contributed by atoms with van der Waals surface area (Å²) in [7, 11) is 0. The van der Waals surface area contributed by atoms with Crippen LogP contribution in [0.15, 0.2) is 79.4 Å². The minimum absolute atomic E-state index is 0.583. The Labute approximate surface area is 162 Å². The van der Waals surface area contributed by atoms with Gasteiger partial charge in [0.2, 0.25) is 0 Å². The normalized spacial score (nSPS) is 11.3. The Balaban J connectivity index is 1.63. The highest BCUT2D eigenvalue weighted by Gasteiger charge is 2.08. The summed E-state index contributed by atoms with van der Waals surface area (Å²) in [5.41, 5.74) is 5.89. The number of allylic oxidation sites excluding steroid dienone is 1. The summed E-state index contributed by atoms with van der Waals surface area (Å²) in [6.45, 7) is 3.78. The van der Waals surface area contributed by atoms with E-state index < -0.39 is 0 Å². The van der Waals surface area contributed by atoms with E-state index in [0.717, 1.165) is 37.5 Å². The first-order valence-corrected chi connectivity index (χ1v) is 9.39. The zero-order valence-electron chi connectivity index (χ0n) is 14.6. The van der Waals surface area contributed by atoms with E-state index in [2.05, 4.69) is 54.0 Å². The maximum atomic E-state index is 9.59. The molecule has 128 valence electrons. The van der Waals surface area contributed by atoms with E-state index in [1.54, 1.807) is 11.3 Å². The number of aromatic nitrogens is 1. The van der Waals surface area contributed by atoms with Crippen LogP contribution >= 0.6 is 11.3 Å². The van der Waals surface area contributed by atoms with Crippen molar-refractivity contribution in [3.8, 4) is 17.2 Å². The molecule has 0 spiro atoms. The van der Waals surface area contributed by atoms with Crippen LogP contribution in [0.2, 0.25) is 0 Å². The van der Waals surface area contributed by atoms with Crippen LogP contribution in [0.5, 0.6) is 0 Å². The molecular weight excluding hydrogens is 348 g/mol. The molecule has 0 amide bonds. The molecular formula is C24H16N2S. The zero-order chi connectivity index (χ0) is 18.6.